The SMILES string of the molecule is N[C@H]1CCCC[C@@H]1CC[C@H]1CN[C@@H]2CCCS(=O)(=O)N1C2. The lowest BCUT2D eigenvalue weighted by atomic mass is 9.81. The fourth-order valence-electron chi connectivity index (χ4n) is 4.25. The number of rotatable bonds is 3. The van der Waals surface area contributed by atoms with Crippen molar-refractivity contribution in [2.24, 2.45) is 11.7 Å². The number of nitrogens with one attached hydrogen (secondary N) is 1. The first kappa shape index (κ1) is 15.7. The average molecular weight is 315 g/mol. The van der Waals surface area contributed by atoms with Gasteiger partial charge in [0.05, 0.1) is 5.75 Å². The summed E-state index contributed by atoms with van der Waals surface area (Å²) in [7, 11) is -3.05. The quantitative estimate of drug-likeness (QED) is 0.816. The van der Waals surface area contributed by atoms with Crippen molar-refractivity contribution in [2.45, 2.75) is 69.5 Å². The zero-order valence-corrected chi connectivity index (χ0v) is 13.7. The van der Waals surface area contributed by atoms with Crippen LogP contribution in [0, 0.1) is 5.92 Å². The molecule has 3 aliphatic rings. The molecule has 2 bridgehead atoms. The smallest absolute Gasteiger partial charge is 0.214 e. The fraction of sp³-hybridized carbons (Fsp3) is 1.00. The molecule has 0 radical (unpaired) electrons. The van der Waals surface area contributed by atoms with Crippen LogP contribution >= 0.6 is 0 Å². The fourth-order valence-corrected chi connectivity index (χ4v) is 6.05. The summed E-state index contributed by atoms with van der Waals surface area (Å²) in [5.41, 5.74) is 6.23. The Morgan fingerprint density at radius 3 is 2.71 bits per heavy atom. The number of sulfonamides is 1. The Morgan fingerprint density at radius 2 is 1.90 bits per heavy atom. The second kappa shape index (κ2) is 6.52. The van der Waals surface area contributed by atoms with E-state index < -0.39 is 10.0 Å². The Hall–Kier alpha value is -0.170. The molecule has 3 N–H and O–H groups in total. The minimum Gasteiger partial charge on any atom is -0.327 e. The maximum atomic E-state index is 12.4. The lowest BCUT2D eigenvalue weighted by Gasteiger charge is -2.39. The molecule has 3 rings (SSSR count). The molecule has 5 nitrogen and oxygen atoms in total. The molecule has 2 saturated heterocycles. The second-order valence-corrected chi connectivity index (χ2v) is 9.11. The van der Waals surface area contributed by atoms with Crippen molar-refractivity contribution in [3.05, 3.63) is 0 Å². The molecule has 0 amide bonds. The van der Waals surface area contributed by atoms with Crippen LogP contribution in [0.2, 0.25) is 0 Å². The summed E-state index contributed by atoms with van der Waals surface area (Å²) in [5.74, 6) is 0.913. The maximum absolute atomic E-state index is 12.4. The molecular formula is C15H29N3O2S. The largest absolute Gasteiger partial charge is 0.327 e. The van der Waals surface area contributed by atoms with E-state index in [1.165, 1.54) is 19.3 Å². The minimum absolute atomic E-state index is 0.137. The highest BCUT2D eigenvalue weighted by molar-refractivity contribution is 7.89. The molecule has 6 heteroatoms. The van der Waals surface area contributed by atoms with Crippen molar-refractivity contribution >= 4 is 10.0 Å². The van der Waals surface area contributed by atoms with Crippen molar-refractivity contribution in [3.8, 4) is 0 Å². The highest BCUT2D eigenvalue weighted by Gasteiger charge is 2.38. The molecule has 0 spiro atoms. The summed E-state index contributed by atoms with van der Waals surface area (Å²) >= 11 is 0. The summed E-state index contributed by atoms with van der Waals surface area (Å²) < 4.78 is 26.6. The first-order valence-electron chi connectivity index (χ1n) is 8.55. The van der Waals surface area contributed by atoms with Crippen LogP contribution in [0.25, 0.3) is 0 Å². The number of hydrogen-bond donors (Lipinski definition) is 2. The molecule has 1 unspecified atom stereocenters. The predicted molar refractivity (Wildman–Crippen MR) is 84.5 cm³/mol. The van der Waals surface area contributed by atoms with Crippen LogP contribution < -0.4 is 11.1 Å². The standard InChI is InChI=1S/C15H29N3O2S/c16-15-6-2-1-4-12(15)7-8-14-10-17-13-5-3-9-21(19,20)18(14)11-13/h12-15,17H,1-11,16H2/t12-,13-,14+,15+/m1/s1. The second-order valence-electron chi connectivity index (χ2n) is 7.07. The van der Waals surface area contributed by atoms with Crippen LogP contribution in [-0.2, 0) is 10.0 Å². The van der Waals surface area contributed by atoms with E-state index in [9.17, 15) is 8.42 Å². The van der Waals surface area contributed by atoms with Gasteiger partial charge in [-0.25, -0.2) is 8.42 Å². The van der Waals surface area contributed by atoms with E-state index in [0.29, 0.717) is 30.3 Å². The van der Waals surface area contributed by atoms with Gasteiger partial charge in [0.15, 0.2) is 0 Å². The molecule has 1 saturated carbocycles. The minimum atomic E-state index is -3.05. The Balaban J connectivity index is 1.62. The number of hydrogen-bond acceptors (Lipinski definition) is 4. The Kier molecular flexibility index (Phi) is 4.88. The average Bonchev–Trinajstić information content (AvgIpc) is 2.57. The van der Waals surface area contributed by atoms with Gasteiger partial charge in [-0.15, -0.1) is 0 Å². The molecule has 21 heavy (non-hydrogen) atoms. The van der Waals surface area contributed by atoms with Crippen LogP contribution in [0.1, 0.15) is 51.4 Å². The molecule has 3 fully saturated rings. The topological polar surface area (TPSA) is 75.4 Å². The van der Waals surface area contributed by atoms with Crippen molar-refractivity contribution in [3.63, 3.8) is 0 Å². The monoisotopic (exact) mass is 315 g/mol. The molecule has 2 aliphatic heterocycles. The number of nitrogens with two attached hydrogens (primary N) is 1. The maximum Gasteiger partial charge on any atom is 0.214 e. The van der Waals surface area contributed by atoms with Gasteiger partial charge in [0.25, 0.3) is 0 Å². The van der Waals surface area contributed by atoms with E-state index in [2.05, 4.69) is 5.32 Å². The summed E-state index contributed by atoms with van der Waals surface area (Å²) in [6.07, 6.45) is 8.69. The normalized spacial score (nSPS) is 43.2. The molecule has 122 valence electrons. The highest BCUT2D eigenvalue weighted by atomic mass is 32.2. The van der Waals surface area contributed by atoms with Gasteiger partial charge in [0, 0.05) is 31.2 Å². The van der Waals surface area contributed by atoms with Crippen LogP contribution in [0.5, 0.6) is 0 Å². The van der Waals surface area contributed by atoms with Gasteiger partial charge < -0.3 is 11.1 Å². The molecule has 2 heterocycles. The lowest BCUT2D eigenvalue weighted by Crippen LogP contribution is -2.57. The molecule has 0 aromatic heterocycles. The number of piperazine rings is 1. The van der Waals surface area contributed by atoms with Crippen LogP contribution in [0.3, 0.4) is 0 Å². The molecule has 5 atom stereocenters. The predicted octanol–water partition coefficient (Wildman–Crippen LogP) is 1.05. The van der Waals surface area contributed by atoms with E-state index in [-0.39, 0.29) is 6.04 Å². The Labute approximate surface area is 128 Å². The number of nitrogens with zero attached hydrogens (tertiary/aromatic N) is 1. The van der Waals surface area contributed by atoms with Gasteiger partial charge in [-0.2, -0.15) is 4.31 Å². The van der Waals surface area contributed by atoms with Gasteiger partial charge in [0.1, 0.15) is 0 Å². The van der Waals surface area contributed by atoms with E-state index in [1.54, 1.807) is 4.31 Å². The van der Waals surface area contributed by atoms with Gasteiger partial charge in [-0.05, 0) is 44.4 Å². The van der Waals surface area contributed by atoms with E-state index in [4.69, 9.17) is 5.73 Å². The molecule has 0 aromatic rings. The van der Waals surface area contributed by atoms with Crippen molar-refractivity contribution < 1.29 is 8.42 Å². The van der Waals surface area contributed by atoms with Gasteiger partial charge in [0.2, 0.25) is 10.0 Å². The zero-order chi connectivity index (χ0) is 14.9. The Morgan fingerprint density at radius 1 is 1.10 bits per heavy atom. The van der Waals surface area contributed by atoms with Crippen molar-refractivity contribution in [1.29, 1.82) is 0 Å². The van der Waals surface area contributed by atoms with Gasteiger partial charge in [-0.3, -0.25) is 0 Å². The highest BCUT2D eigenvalue weighted by Crippen LogP contribution is 2.30. The summed E-state index contributed by atoms with van der Waals surface area (Å²) in [6.45, 7) is 1.48. The number of fused-ring (bicyclic) bond motifs is 2. The Bertz CT molecular complexity index is 454. The van der Waals surface area contributed by atoms with E-state index >= 15 is 0 Å². The summed E-state index contributed by atoms with van der Waals surface area (Å²) in [6, 6.07) is 0.817. The molecule has 0 aromatic carbocycles. The van der Waals surface area contributed by atoms with E-state index in [0.717, 1.165) is 38.6 Å². The zero-order valence-electron chi connectivity index (χ0n) is 12.8. The summed E-state index contributed by atoms with van der Waals surface area (Å²) in [4.78, 5) is 0. The summed E-state index contributed by atoms with van der Waals surface area (Å²) in [5, 5.41) is 3.54. The third-order valence-electron chi connectivity index (χ3n) is 5.60. The van der Waals surface area contributed by atoms with Crippen molar-refractivity contribution in [2.75, 3.05) is 18.8 Å². The van der Waals surface area contributed by atoms with Crippen LogP contribution in [-0.4, -0.2) is 49.7 Å². The van der Waals surface area contributed by atoms with Gasteiger partial charge in [-0.1, -0.05) is 12.8 Å². The lowest BCUT2D eigenvalue weighted by molar-refractivity contribution is 0.193. The van der Waals surface area contributed by atoms with E-state index in [1.807, 2.05) is 0 Å². The molecular weight excluding hydrogens is 286 g/mol. The first-order valence-corrected chi connectivity index (χ1v) is 10.2. The van der Waals surface area contributed by atoms with Crippen LogP contribution in [0.15, 0.2) is 0 Å². The van der Waals surface area contributed by atoms with Gasteiger partial charge >= 0.3 is 0 Å². The first-order chi connectivity index (χ1) is 10.1. The third kappa shape index (κ3) is 3.60. The molecule has 1 aliphatic carbocycles. The third-order valence-corrected chi connectivity index (χ3v) is 7.57. The van der Waals surface area contributed by atoms with Crippen LogP contribution in [0.4, 0.5) is 0 Å². The van der Waals surface area contributed by atoms with Crippen molar-refractivity contribution in [1.82, 2.24) is 9.62 Å².